The standard InChI is InChI=1S/C9H20N2O/c1-5-9(3,4)12-7(2)6-8(10)11/h7H,5-6H2,1-4H3,(H3,10,11). The zero-order valence-electron chi connectivity index (χ0n) is 8.48. The second kappa shape index (κ2) is 4.45. The monoisotopic (exact) mass is 172 g/mol. The number of ether oxygens (including phenoxy) is 1. The molecule has 0 aliphatic carbocycles. The molecule has 0 aliphatic rings. The summed E-state index contributed by atoms with van der Waals surface area (Å²) in [6.07, 6.45) is 1.52. The van der Waals surface area contributed by atoms with E-state index in [4.69, 9.17) is 15.9 Å². The van der Waals surface area contributed by atoms with Crippen molar-refractivity contribution in [1.29, 1.82) is 5.41 Å². The molecule has 3 heteroatoms. The average Bonchev–Trinajstić information content (AvgIpc) is 1.84. The fourth-order valence-electron chi connectivity index (χ4n) is 0.979. The number of amidine groups is 1. The summed E-state index contributed by atoms with van der Waals surface area (Å²) in [5, 5.41) is 7.09. The molecular formula is C9H20N2O. The van der Waals surface area contributed by atoms with E-state index in [1.54, 1.807) is 0 Å². The fraction of sp³-hybridized carbons (Fsp3) is 0.889. The van der Waals surface area contributed by atoms with Crippen LogP contribution in [0.4, 0.5) is 0 Å². The van der Waals surface area contributed by atoms with Crippen molar-refractivity contribution in [2.75, 3.05) is 0 Å². The van der Waals surface area contributed by atoms with Crippen molar-refractivity contribution in [3.8, 4) is 0 Å². The van der Waals surface area contributed by atoms with Crippen molar-refractivity contribution < 1.29 is 4.74 Å². The van der Waals surface area contributed by atoms with Gasteiger partial charge in [0, 0.05) is 6.42 Å². The van der Waals surface area contributed by atoms with E-state index in [1.807, 2.05) is 20.8 Å². The SMILES string of the molecule is CCC(C)(C)OC(C)CC(=N)N. The Morgan fingerprint density at radius 3 is 2.42 bits per heavy atom. The third kappa shape index (κ3) is 5.13. The van der Waals surface area contributed by atoms with E-state index in [2.05, 4.69) is 6.92 Å². The van der Waals surface area contributed by atoms with Crippen LogP contribution in [0, 0.1) is 5.41 Å². The maximum absolute atomic E-state index is 7.09. The molecule has 0 rings (SSSR count). The highest BCUT2D eigenvalue weighted by Crippen LogP contribution is 2.17. The first-order chi connectivity index (χ1) is 5.37. The van der Waals surface area contributed by atoms with Gasteiger partial charge in [-0.05, 0) is 27.2 Å². The Kier molecular flexibility index (Phi) is 4.24. The Morgan fingerprint density at radius 2 is 2.08 bits per heavy atom. The molecule has 0 radical (unpaired) electrons. The Morgan fingerprint density at radius 1 is 1.58 bits per heavy atom. The first-order valence-electron chi connectivity index (χ1n) is 4.38. The van der Waals surface area contributed by atoms with Crippen molar-refractivity contribution in [2.24, 2.45) is 5.73 Å². The summed E-state index contributed by atoms with van der Waals surface area (Å²) in [6, 6.07) is 0. The minimum atomic E-state index is -0.102. The van der Waals surface area contributed by atoms with Crippen molar-refractivity contribution in [3.05, 3.63) is 0 Å². The van der Waals surface area contributed by atoms with Crippen LogP contribution in [0.15, 0.2) is 0 Å². The van der Waals surface area contributed by atoms with E-state index >= 15 is 0 Å². The molecule has 3 N–H and O–H groups in total. The summed E-state index contributed by atoms with van der Waals surface area (Å²) in [5.41, 5.74) is 5.15. The van der Waals surface area contributed by atoms with Gasteiger partial charge in [-0.2, -0.15) is 0 Å². The normalized spacial score (nSPS) is 14.3. The first-order valence-corrected chi connectivity index (χ1v) is 4.38. The minimum absolute atomic E-state index is 0.0393. The molecule has 0 heterocycles. The molecule has 0 bridgehead atoms. The molecule has 0 aromatic rings. The second-order valence-electron chi connectivity index (χ2n) is 3.77. The highest BCUT2D eigenvalue weighted by atomic mass is 16.5. The summed E-state index contributed by atoms with van der Waals surface area (Å²) >= 11 is 0. The zero-order valence-corrected chi connectivity index (χ0v) is 8.48. The maximum Gasteiger partial charge on any atom is 0.0931 e. The number of hydrogen-bond donors (Lipinski definition) is 2. The number of nitrogens with two attached hydrogens (primary N) is 1. The smallest absolute Gasteiger partial charge is 0.0931 e. The molecule has 0 fully saturated rings. The number of hydrogen-bond acceptors (Lipinski definition) is 2. The lowest BCUT2D eigenvalue weighted by molar-refractivity contribution is -0.0621. The van der Waals surface area contributed by atoms with E-state index in [1.165, 1.54) is 0 Å². The lowest BCUT2D eigenvalue weighted by Gasteiger charge is -2.27. The van der Waals surface area contributed by atoms with Crippen molar-refractivity contribution >= 4 is 5.84 Å². The molecule has 0 aromatic heterocycles. The maximum atomic E-state index is 7.09. The first kappa shape index (κ1) is 11.4. The number of rotatable bonds is 5. The molecule has 0 saturated carbocycles. The molecule has 0 amide bonds. The van der Waals surface area contributed by atoms with E-state index in [9.17, 15) is 0 Å². The predicted molar refractivity (Wildman–Crippen MR) is 51.4 cm³/mol. The van der Waals surface area contributed by atoms with Gasteiger partial charge in [-0.1, -0.05) is 6.92 Å². The second-order valence-corrected chi connectivity index (χ2v) is 3.77. The van der Waals surface area contributed by atoms with Crippen LogP contribution in [-0.2, 0) is 4.74 Å². The summed E-state index contributed by atoms with van der Waals surface area (Å²) in [6.45, 7) is 8.12. The molecule has 1 unspecified atom stereocenters. The van der Waals surface area contributed by atoms with Crippen LogP contribution >= 0.6 is 0 Å². The van der Waals surface area contributed by atoms with Crippen LogP contribution in [0.5, 0.6) is 0 Å². The van der Waals surface area contributed by atoms with Crippen LogP contribution in [0.3, 0.4) is 0 Å². The number of nitrogens with one attached hydrogen (secondary N) is 1. The zero-order chi connectivity index (χ0) is 9.78. The molecule has 72 valence electrons. The Bertz CT molecular complexity index is 155. The predicted octanol–water partition coefficient (Wildman–Crippen LogP) is 1.91. The highest BCUT2D eigenvalue weighted by Gasteiger charge is 2.19. The van der Waals surface area contributed by atoms with E-state index in [0.717, 1.165) is 6.42 Å². The van der Waals surface area contributed by atoms with Gasteiger partial charge in [-0.25, -0.2) is 0 Å². The van der Waals surface area contributed by atoms with E-state index < -0.39 is 0 Å². The van der Waals surface area contributed by atoms with Gasteiger partial charge in [0.25, 0.3) is 0 Å². The lowest BCUT2D eigenvalue weighted by Crippen LogP contribution is -2.30. The molecule has 0 aliphatic heterocycles. The van der Waals surface area contributed by atoms with Gasteiger partial charge in [0.2, 0.25) is 0 Å². The molecule has 0 aromatic carbocycles. The van der Waals surface area contributed by atoms with Crippen LogP contribution in [0.1, 0.15) is 40.5 Å². The topological polar surface area (TPSA) is 59.1 Å². The summed E-state index contributed by atoms with van der Waals surface area (Å²) in [4.78, 5) is 0. The van der Waals surface area contributed by atoms with Crippen LogP contribution < -0.4 is 5.73 Å². The van der Waals surface area contributed by atoms with Gasteiger partial charge in [-0.15, -0.1) is 0 Å². The van der Waals surface area contributed by atoms with Crippen molar-refractivity contribution in [2.45, 2.75) is 52.2 Å². The average molecular weight is 172 g/mol. The lowest BCUT2D eigenvalue weighted by atomic mass is 10.1. The van der Waals surface area contributed by atoms with Crippen LogP contribution in [0.2, 0.25) is 0 Å². The van der Waals surface area contributed by atoms with Crippen molar-refractivity contribution in [3.63, 3.8) is 0 Å². The Labute approximate surface area is 74.8 Å². The Hall–Kier alpha value is -0.570. The molecule has 0 spiro atoms. The van der Waals surface area contributed by atoms with Crippen LogP contribution in [-0.4, -0.2) is 17.5 Å². The summed E-state index contributed by atoms with van der Waals surface area (Å²) in [7, 11) is 0. The van der Waals surface area contributed by atoms with Crippen LogP contribution in [0.25, 0.3) is 0 Å². The van der Waals surface area contributed by atoms with Crippen molar-refractivity contribution in [1.82, 2.24) is 0 Å². The van der Waals surface area contributed by atoms with E-state index in [-0.39, 0.29) is 17.5 Å². The molecule has 1 atom stereocenters. The molecule has 3 nitrogen and oxygen atoms in total. The quantitative estimate of drug-likeness (QED) is 0.491. The molecule has 12 heavy (non-hydrogen) atoms. The van der Waals surface area contributed by atoms with Gasteiger partial charge in [0.05, 0.1) is 17.5 Å². The molecule has 0 saturated heterocycles. The van der Waals surface area contributed by atoms with Gasteiger partial charge in [-0.3, -0.25) is 5.41 Å². The van der Waals surface area contributed by atoms with E-state index in [0.29, 0.717) is 6.42 Å². The van der Waals surface area contributed by atoms with Gasteiger partial charge < -0.3 is 10.5 Å². The molecular weight excluding hydrogens is 152 g/mol. The fourth-order valence-corrected chi connectivity index (χ4v) is 0.979. The van der Waals surface area contributed by atoms with Gasteiger partial charge >= 0.3 is 0 Å². The minimum Gasteiger partial charge on any atom is -0.388 e. The highest BCUT2D eigenvalue weighted by molar-refractivity contribution is 5.77. The summed E-state index contributed by atoms with van der Waals surface area (Å²) < 4.78 is 5.68. The third-order valence-electron chi connectivity index (χ3n) is 1.88. The summed E-state index contributed by atoms with van der Waals surface area (Å²) in [5.74, 6) is 0.189. The van der Waals surface area contributed by atoms with Gasteiger partial charge in [0.15, 0.2) is 0 Å². The van der Waals surface area contributed by atoms with Gasteiger partial charge in [0.1, 0.15) is 0 Å². The third-order valence-corrected chi connectivity index (χ3v) is 1.88. The largest absolute Gasteiger partial charge is 0.388 e. The Balaban J connectivity index is 3.83.